The molecule has 2 nitrogen and oxygen atoms in total. The van der Waals surface area contributed by atoms with Crippen molar-refractivity contribution < 1.29 is 9.90 Å². The number of rotatable bonds is 5. The second kappa shape index (κ2) is 5.71. The van der Waals surface area contributed by atoms with Crippen LogP contribution < -0.4 is 0 Å². The Balaban J connectivity index is 2.75. The predicted octanol–water partition coefficient (Wildman–Crippen LogP) is 3.55. The summed E-state index contributed by atoms with van der Waals surface area (Å²) in [7, 11) is 0. The third-order valence-electron chi connectivity index (χ3n) is 2.32. The molecule has 3 heteroatoms. The minimum Gasteiger partial charge on any atom is -0.481 e. The van der Waals surface area contributed by atoms with E-state index in [9.17, 15) is 4.79 Å². The van der Waals surface area contributed by atoms with Gasteiger partial charge in [-0.15, -0.1) is 6.58 Å². The largest absolute Gasteiger partial charge is 0.481 e. The summed E-state index contributed by atoms with van der Waals surface area (Å²) in [6.07, 6.45) is 0.991. The first kappa shape index (κ1) is 12.8. The van der Waals surface area contributed by atoms with Gasteiger partial charge in [0.2, 0.25) is 0 Å². The molecule has 0 aliphatic rings. The SMILES string of the molecule is C=C(C)CC(Cc1cccc(Cl)c1)C(=O)O. The molecule has 0 amide bonds. The van der Waals surface area contributed by atoms with Gasteiger partial charge in [-0.2, -0.15) is 0 Å². The molecule has 1 aromatic rings. The first-order valence-corrected chi connectivity index (χ1v) is 5.48. The molecule has 1 atom stereocenters. The van der Waals surface area contributed by atoms with Crippen LogP contribution in [0.5, 0.6) is 0 Å². The summed E-state index contributed by atoms with van der Waals surface area (Å²) in [5, 5.41) is 9.71. The molecule has 0 radical (unpaired) electrons. The van der Waals surface area contributed by atoms with E-state index in [1.165, 1.54) is 0 Å². The van der Waals surface area contributed by atoms with E-state index in [0.717, 1.165) is 11.1 Å². The van der Waals surface area contributed by atoms with Crippen molar-refractivity contribution in [2.24, 2.45) is 5.92 Å². The zero-order valence-electron chi connectivity index (χ0n) is 9.24. The van der Waals surface area contributed by atoms with Crippen LogP contribution in [-0.2, 0) is 11.2 Å². The Morgan fingerprint density at radius 1 is 1.56 bits per heavy atom. The quantitative estimate of drug-likeness (QED) is 0.797. The van der Waals surface area contributed by atoms with Crippen molar-refractivity contribution in [2.45, 2.75) is 19.8 Å². The molecular formula is C13H15ClO2. The molecule has 86 valence electrons. The van der Waals surface area contributed by atoms with E-state index in [0.29, 0.717) is 17.9 Å². The van der Waals surface area contributed by atoms with Gasteiger partial charge in [-0.1, -0.05) is 29.3 Å². The Morgan fingerprint density at radius 2 is 2.25 bits per heavy atom. The maximum absolute atomic E-state index is 11.1. The Morgan fingerprint density at radius 3 is 2.75 bits per heavy atom. The van der Waals surface area contributed by atoms with Crippen LogP contribution in [-0.4, -0.2) is 11.1 Å². The second-order valence-corrected chi connectivity index (χ2v) is 4.47. The minimum absolute atomic E-state index is 0.420. The summed E-state index contributed by atoms with van der Waals surface area (Å²) >= 11 is 5.85. The van der Waals surface area contributed by atoms with Gasteiger partial charge in [-0.25, -0.2) is 0 Å². The monoisotopic (exact) mass is 238 g/mol. The molecule has 0 heterocycles. The van der Waals surface area contributed by atoms with Crippen LogP contribution in [0.3, 0.4) is 0 Å². The Hall–Kier alpha value is -1.28. The zero-order chi connectivity index (χ0) is 12.1. The molecule has 0 bridgehead atoms. The lowest BCUT2D eigenvalue weighted by molar-refractivity contribution is -0.141. The van der Waals surface area contributed by atoms with Crippen LogP contribution in [0, 0.1) is 5.92 Å². The van der Waals surface area contributed by atoms with Crippen LogP contribution in [0.4, 0.5) is 0 Å². The first-order valence-electron chi connectivity index (χ1n) is 5.10. The number of aliphatic carboxylic acids is 1. The highest BCUT2D eigenvalue weighted by atomic mass is 35.5. The van der Waals surface area contributed by atoms with Crippen LogP contribution in [0.2, 0.25) is 5.02 Å². The molecule has 0 saturated carbocycles. The highest BCUT2D eigenvalue weighted by Crippen LogP contribution is 2.19. The number of hydrogen-bond donors (Lipinski definition) is 1. The van der Waals surface area contributed by atoms with Gasteiger partial charge in [0, 0.05) is 5.02 Å². The number of hydrogen-bond acceptors (Lipinski definition) is 1. The van der Waals surface area contributed by atoms with Crippen molar-refractivity contribution in [3.63, 3.8) is 0 Å². The Kier molecular flexibility index (Phi) is 4.56. The van der Waals surface area contributed by atoms with Crippen LogP contribution in [0.1, 0.15) is 18.9 Å². The van der Waals surface area contributed by atoms with Gasteiger partial charge in [0.15, 0.2) is 0 Å². The molecule has 16 heavy (non-hydrogen) atoms. The lowest BCUT2D eigenvalue weighted by atomic mass is 9.94. The summed E-state index contributed by atoms with van der Waals surface area (Å²) in [4.78, 5) is 11.1. The molecule has 0 aliphatic heterocycles. The zero-order valence-corrected chi connectivity index (χ0v) is 10.00. The van der Waals surface area contributed by atoms with Crippen molar-refractivity contribution >= 4 is 17.6 Å². The molecule has 1 aromatic carbocycles. The van der Waals surface area contributed by atoms with Crippen molar-refractivity contribution in [1.82, 2.24) is 0 Å². The molecule has 0 aromatic heterocycles. The average molecular weight is 239 g/mol. The normalized spacial score (nSPS) is 12.1. The summed E-state index contributed by atoms with van der Waals surface area (Å²) < 4.78 is 0. The third-order valence-corrected chi connectivity index (χ3v) is 2.55. The fourth-order valence-electron chi connectivity index (χ4n) is 1.62. The van der Waals surface area contributed by atoms with E-state index in [1.807, 2.05) is 19.1 Å². The third kappa shape index (κ3) is 4.07. The number of carboxylic acids is 1. The number of allylic oxidation sites excluding steroid dienone is 1. The van der Waals surface area contributed by atoms with Crippen molar-refractivity contribution in [3.05, 3.63) is 47.0 Å². The minimum atomic E-state index is -0.789. The molecule has 0 aliphatic carbocycles. The highest BCUT2D eigenvalue weighted by molar-refractivity contribution is 6.30. The van der Waals surface area contributed by atoms with Gasteiger partial charge in [-0.3, -0.25) is 4.79 Å². The molecule has 0 saturated heterocycles. The van der Waals surface area contributed by atoms with Gasteiger partial charge < -0.3 is 5.11 Å². The van der Waals surface area contributed by atoms with Gasteiger partial charge in [-0.05, 0) is 37.5 Å². The van der Waals surface area contributed by atoms with Crippen LogP contribution in [0.15, 0.2) is 36.4 Å². The molecule has 0 spiro atoms. The van der Waals surface area contributed by atoms with Crippen molar-refractivity contribution in [1.29, 1.82) is 0 Å². The molecule has 0 fully saturated rings. The first-order chi connectivity index (χ1) is 7.49. The number of carbonyl (C=O) groups is 1. The molecule has 1 unspecified atom stereocenters. The molecular weight excluding hydrogens is 224 g/mol. The van der Waals surface area contributed by atoms with Crippen molar-refractivity contribution in [2.75, 3.05) is 0 Å². The summed E-state index contributed by atoms with van der Waals surface area (Å²) in [6.45, 7) is 5.59. The fraction of sp³-hybridized carbons (Fsp3) is 0.308. The topological polar surface area (TPSA) is 37.3 Å². The maximum atomic E-state index is 11.1. The van der Waals surface area contributed by atoms with E-state index in [4.69, 9.17) is 16.7 Å². The van der Waals surface area contributed by atoms with Crippen LogP contribution in [0.25, 0.3) is 0 Å². The average Bonchev–Trinajstić information content (AvgIpc) is 2.15. The number of halogens is 1. The van der Waals surface area contributed by atoms with E-state index < -0.39 is 11.9 Å². The van der Waals surface area contributed by atoms with E-state index in [-0.39, 0.29) is 0 Å². The summed E-state index contributed by atoms with van der Waals surface area (Å²) in [5.74, 6) is -1.21. The molecule has 1 N–H and O–H groups in total. The van der Waals surface area contributed by atoms with Gasteiger partial charge in [0.05, 0.1) is 5.92 Å². The standard InChI is InChI=1S/C13H15ClO2/c1-9(2)6-11(13(15)16)7-10-4-3-5-12(14)8-10/h3-5,8,11H,1,6-7H2,2H3,(H,15,16). The summed E-state index contributed by atoms with van der Waals surface area (Å²) in [6, 6.07) is 7.30. The van der Waals surface area contributed by atoms with E-state index >= 15 is 0 Å². The summed E-state index contributed by atoms with van der Waals surface area (Å²) in [5.41, 5.74) is 1.83. The number of benzene rings is 1. The lowest BCUT2D eigenvalue weighted by Crippen LogP contribution is -2.16. The van der Waals surface area contributed by atoms with E-state index in [1.54, 1.807) is 12.1 Å². The van der Waals surface area contributed by atoms with Crippen molar-refractivity contribution in [3.8, 4) is 0 Å². The van der Waals surface area contributed by atoms with Crippen LogP contribution >= 0.6 is 11.6 Å². The molecule has 1 rings (SSSR count). The van der Waals surface area contributed by atoms with Gasteiger partial charge >= 0.3 is 5.97 Å². The second-order valence-electron chi connectivity index (χ2n) is 4.03. The predicted molar refractivity (Wildman–Crippen MR) is 65.7 cm³/mol. The number of carboxylic acid groups (broad SMARTS) is 1. The maximum Gasteiger partial charge on any atom is 0.307 e. The lowest BCUT2D eigenvalue weighted by Gasteiger charge is -2.12. The van der Waals surface area contributed by atoms with E-state index in [2.05, 4.69) is 6.58 Å². The highest BCUT2D eigenvalue weighted by Gasteiger charge is 2.17. The smallest absolute Gasteiger partial charge is 0.307 e. The van der Waals surface area contributed by atoms with Gasteiger partial charge in [0.25, 0.3) is 0 Å². The fourth-order valence-corrected chi connectivity index (χ4v) is 1.83. The Bertz CT molecular complexity index is 399. The Labute approximate surface area is 101 Å². The van der Waals surface area contributed by atoms with Gasteiger partial charge in [0.1, 0.15) is 0 Å².